The number of nitrogens with zero attached hydrogens (tertiary/aromatic N) is 2. The second kappa shape index (κ2) is 7.25. The summed E-state index contributed by atoms with van der Waals surface area (Å²) in [7, 11) is 1.57. The lowest BCUT2D eigenvalue weighted by Gasteiger charge is -2.32. The number of rotatable bonds is 4. The highest BCUT2D eigenvalue weighted by Crippen LogP contribution is 2.55. The molecule has 0 saturated carbocycles. The van der Waals surface area contributed by atoms with E-state index in [0.29, 0.717) is 11.4 Å². The first kappa shape index (κ1) is 19.3. The van der Waals surface area contributed by atoms with Gasteiger partial charge in [-0.1, -0.05) is 48.5 Å². The van der Waals surface area contributed by atoms with Crippen molar-refractivity contribution in [2.75, 3.05) is 17.1 Å². The van der Waals surface area contributed by atoms with Crippen LogP contribution in [0.5, 0.6) is 5.75 Å². The number of hydrogen-bond donors (Lipinski definition) is 0. The van der Waals surface area contributed by atoms with Crippen LogP contribution in [0.1, 0.15) is 18.5 Å². The van der Waals surface area contributed by atoms with Crippen LogP contribution in [-0.2, 0) is 14.4 Å². The molecular formula is C25H22N2O4. The first-order chi connectivity index (χ1) is 15.1. The molecule has 0 spiro atoms. The quantitative estimate of drug-likeness (QED) is 0.601. The van der Waals surface area contributed by atoms with Crippen LogP contribution in [0.4, 0.5) is 11.4 Å². The molecule has 2 heterocycles. The number of benzene rings is 3. The molecule has 3 atom stereocenters. The summed E-state index contributed by atoms with van der Waals surface area (Å²) in [5.74, 6) is 0.0138. The number of ether oxygens (including phenoxy) is 1. The number of carbonyl (C=O) groups is 2. The van der Waals surface area contributed by atoms with Crippen molar-refractivity contribution in [3.05, 3.63) is 90.5 Å². The third-order valence-electron chi connectivity index (χ3n) is 6.13. The maximum atomic E-state index is 13.8. The predicted molar refractivity (Wildman–Crippen MR) is 117 cm³/mol. The lowest BCUT2D eigenvalue weighted by Crippen LogP contribution is -2.41. The van der Waals surface area contributed by atoms with E-state index >= 15 is 0 Å². The summed E-state index contributed by atoms with van der Waals surface area (Å²) < 4.78 is 5.20. The fraction of sp³-hybridized carbons (Fsp3) is 0.200. The Balaban J connectivity index is 1.61. The van der Waals surface area contributed by atoms with Crippen LogP contribution in [0.3, 0.4) is 0 Å². The van der Waals surface area contributed by atoms with E-state index in [1.54, 1.807) is 36.4 Å². The van der Waals surface area contributed by atoms with Crippen LogP contribution in [0.15, 0.2) is 84.9 Å². The van der Waals surface area contributed by atoms with Gasteiger partial charge >= 0.3 is 0 Å². The van der Waals surface area contributed by atoms with Crippen LogP contribution in [-0.4, -0.2) is 25.0 Å². The van der Waals surface area contributed by atoms with Gasteiger partial charge < -0.3 is 4.74 Å². The Kier molecular flexibility index (Phi) is 4.52. The number of para-hydroxylation sites is 1. The largest absolute Gasteiger partial charge is 0.497 e. The molecule has 2 amide bonds. The van der Waals surface area contributed by atoms with Gasteiger partial charge in [-0.3, -0.25) is 14.4 Å². The number of hydroxylamine groups is 1. The summed E-state index contributed by atoms with van der Waals surface area (Å²) in [4.78, 5) is 34.7. The SMILES string of the molecule is COc1ccc(N2C(=O)[C@@H]3ON(c4ccccc4)[C@@H](c4ccccc4)[C@@]3(C)C2=O)cc1. The summed E-state index contributed by atoms with van der Waals surface area (Å²) in [6, 6.07) is 25.7. The molecular weight excluding hydrogens is 392 g/mol. The normalized spacial score (nSPS) is 25.1. The number of imide groups is 1. The molecule has 6 nitrogen and oxygen atoms in total. The van der Waals surface area contributed by atoms with Crippen molar-refractivity contribution in [3.8, 4) is 5.75 Å². The van der Waals surface area contributed by atoms with E-state index in [0.717, 1.165) is 11.3 Å². The number of methoxy groups -OCH3 is 1. The Morgan fingerprint density at radius 2 is 1.45 bits per heavy atom. The third-order valence-corrected chi connectivity index (χ3v) is 6.13. The van der Waals surface area contributed by atoms with Crippen LogP contribution in [0.25, 0.3) is 0 Å². The number of anilines is 2. The van der Waals surface area contributed by atoms with Gasteiger partial charge in [-0.25, -0.2) is 9.96 Å². The maximum Gasteiger partial charge on any atom is 0.266 e. The zero-order valence-electron chi connectivity index (χ0n) is 17.3. The minimum atomic E-state index is -1.09. The van der Waals surface area contributed by atoms with E-state index in [4.69, 9.17) is 9.57 Å². The van der Waals surface area contributed by atoms with Crippen LogP contribution in [0, 0.1) is 5.41 Å². The van der Waals surface area contributed by atoms with Crippen LogP contribution >= 0.6 is 0 Å². The highest BCUT2D eigenvalue weighted by atomic mass is 16.7. The molecule has 0 N–H and O–H groups in total. The fourth-order valence-corrected chi connectivity index (χ4v) is 4.54. The van der Waals surface area contributed by atoms with Gasteiger partial charge in [0.1, 0.15) is 11.2 Å². The molecule has 3 aromatic rings. The molecule has 31 heavy (non-hydrogen) atoms. The van der Waals surface area contributed by atoms with Crippen molar-refractivity contribution in [2.45, 2.75) is 19.1 Å². The Morgan fingerprint density at radius 3 is 2.06 bits per heavy atom. The number of fused-ring (bicyclic) bond motifs is 1. The first-order valence-corrected chi connectivity index (χ1v) is 10.1. The van der Waals surface area contributed by atoms with Crippen molar-refractivity contribution in [1.29, 1.82) is 0 Å². The molecule has 0 aliphatic carbocycles. The zero-order valence-corrected chi connectivity index (χ0v) is 17.3. The molecule has 156 valence electrons. The Bertz CT molecular complexity index is 1120. The molecule has 0 bridgehead atoms. The molecule has 2 saturated heterocycles. The van der Waals surface area contributed by atoms with Gasteiger partial charge in [0.2, 0.25) is 5.91 Å². The molecule has 2 aliphatic heterocycles. The van der Waals surface area contributed by atoms with Gasteiger partial charge in [0.15, 0.2) is 6.10 Å². The van der Waals surface area contributed by atoms with Crippen LogP contribution < -0.4 is 14.7 Å². The highest BCUT2D eigenvalue weighted by molar-refractivity contribution is 6.25. The van der Waals surface area contributed by atoms with E-state index < -0.39 is 17.6 Å². The summed E-state index contributed by atoms with van der Waals surface area (Å²) >= 11 is 0. The van der Waals surface area contributed by atoms with Crippen molar-refractivity contribution in [2.24, 2.45) is 5.41 Å². The Morgan fingerprint density at radius 1 is 0.839 bits per heavy atom. The zero-order chi connectivity index (χ0) is 21.6. The molecule has 5 rings (SSSR count). The van der Waals surface area contributed by atoms with Gasteiger partial charge in [-0.2, -0.15) is 0 Å². The van der Waals surface area contributed by atoms with E-state index in [-0.39, 0.29) is 11.8 Å². The van der Waals surface area contributed by atoms with Crippen molar-refractivity contribution < 1.29 is 19.2 Å². The second-order valence-corrected chi connectivity index (χ2v) is 7.92. The number of carbonyl (C=O) groups excluding carboxylic acids is 2. The van der Waals surface area contributed by atoms with Gasteiger partial charge in [0.25, 0.3) is 5.91 Å². The maximum absolute atomic E-state index is 13.8. The lowest BCUT2D eigenvalue weighted by atomic mass is 9.76. The summed E-state index contributed by atoms with van der Waals surface area (Å²) in [5, 5.41) is 1.71. The smallest absolute Gasteiger partial charge is 0.266 e. The summed E-state index contributed by atoms with van der Waals surface area (Å²) in [5.41, 5.74) is 1.12. The van der Waals surface area contributed by atoms with Crippen LogP contribution in [0.2, 0.25) is 0 Å². The van der Waals surface area contributed by atoms with Crippen molar-refractivity contribution in [1.82, 2.24) is 0 Å². The topological polar surface area (TPSA) is 59.1 Å². The standard InChI is InChI=1S/C25H22N2O4/c1-25-21(17-9-5-3-6-10-17)27(19-11-7-4-8-12-19)31-22(25)23(28)26(24(25)29)18-13-15-20(30-2)16-14-18/h3-16,21-22H,1-2H3/t21-,22-,25+/m0/s1. The molecule has 0 radical (unpaired) electrons. The molecule has 6 heteroatoms. The predicted octanol–water partition coefficient (Wildman–Crippen LogP) is 4.14. The van der Waals surface area contributed by atoms with Crippen molar-refractivity contribution in [3.63, 3.8) is 0 Å². The minimum Gasteiger partial charge on any atom is -0.497 e. The monoisotopic (exact) mass is 414 g/mol. The Labute approximate surface area is 180 Å². The van der Waals surface area contributed by atoms with Gasteiger partial charge in [-0.15, -0.1) is 0 Å². The van der Waals surface area contributed by atoms with Gasteiger partial charge in [0.05, 0.1) is 24.5 Å². The number of amides is 2. The Hall–Kier alpha value is -3.64. The average Bonchev–Trinajstić information content (AvgIpc) is 3.23. The van der Waals surface area contributed by atoms with E-state index in [1.807, 2.05) is 67.6 Å². The van der Waals surface area contributed by atoms with Gasteiger partial charge in [-0.05, 0) is 48.9 Å². The molecule has 2 aliphatic rings. The minimum absolute atomic E-state index is 0.278. The average molecular weight is 414 g/mol. The second-order valence-electron chi connectivity index (χ2n) is 7.92. The lowest BCUT2D eigenvalue weighted by molar-refractivity contribution is -0.128. The summed E-state index contributed by atoms with van der Waals surface area (Å²) in [6.07, 6.45) is -0.924. The van der Waals surface area contributed by atoms with E-state index in [2.05, 4.69) is 0 Å². The summed E-state index contributed by atoms with van der Waals surface area (Å²) in [6.45, 7) is 1.82. The van der Waals surface area contributed by atoms with Gasteiger partial charge in [0, 0.05) is 0 Å². The highest BCUT2D eigenvalue weighted by Gasteiger charge is 2.68. The fourth-order valence-electron chi connectivity index (χ4n) is 4.54. The molecule has 0 unspecified atom stereocenters. The number of hydrogen-bond acceptors (Lipinski definition) is 5. The molecule has 3 aromatic carbocycles. The molecule has 2 fully saturated rings. The first-order valence-electron chi connectivity index (χ1n) is 10.1. The van der Waals surface area contributed by atoms with E-state index in [9.17, 15) is 9.59 Å². The van der Waals surface area contributed by atoms with Crippen molar-refractivity contribution >= 4 is 23.2 Å². The van der Waals surface area contributed by atoms with E-state index in [1.165, 1.54) is 4.90 Å². The molecule has 0 aromatic heterocycles. The third kappa shape index (κ3) is 2.83.